The number of rotatable bonds is 6. The SMILES string of the molecule is CCCN(C)CCCc1cccc2sccc12. The van der Waals surface area contributed by atoms with Crippen LogP contribution in [0.5, 0.6) is 0 Å². The molecule has 0 unspecified atom stereocenters. The monoisotopic (exact) mass is 247 g/mol. The van der Waals surface area contributed by atoms with Gasteiger partial charge in [-0.2, -0.15) is 0 Å². The van der Waals surface area contributed by atoms with Crippen LogP contribution < -0.4 is 0 Å². The summed E-state index contributed by atoms with van der Waals surface area (Å²) in [5.41, 5.74) is 1.51. The zero-order valence-electron chi connectivity index (χ0n) is 10.8. The highest BCUT2D eigenvalue weighted by Crippen LogP contribution is 2.24. The van der Waals surface area contributed by atoms with Crippen molar-refractivity contribution >= 4 is 21.4 Å². The van der Waals surface area contributed by atoms with Gasteiger partial charge in [0, 0.05) is 4.70 Å². The normalized spacial score (nSPS) is 11.5. The molecule has 1 heterocycles. The van der Waals surface area contributed by atoms with Gasteiger partial charge in [0.15, 0.2) is 0 Å². The molecule has 0 bridgehead atoms. The average Bonchev–Trinajstić information content (AvgIpc) is 2.78. The van der Waals surface area contributed by atoms with Crippen molar-refractivity contribution < 1.29 is 0 Å². The van der Waals surface area contributed by atoms with Crippen LogP contribution in [0, 0.1) is 0 Å². The van der Waals surface area contributed by atoms with Crippen molar-refractivity contribution in [1.82, 2.24) is 4.90 Å². The molecule has 0 aliphatic carbocycles. The first-order chi connectivity index (χ1) is 8.31. The highest BCUT2D eigenvalue weighted by atomic mass is 32.1. The lowest BCUT2D eigenvalue weighted by Gasteiger charge is -2.15. The van der Waals surface area contributed by atoms with E-state index in [0.29, 0.717) is 0 Å². The molecule has 92 valence electrons. The van der Waals surface area contributed by atoms with Gasteiger partial charge in [0.2, 0.25) is 0 Å². The van der Waals surface area contributed by atoms with Gasteiger partial charge in [-0.25, -0.2) is 0 Å². The minimum atomic E-state index is 1.20. The van der Waals surface area contributed by atoms with Gasteiger partial charge in [-0.15, -0.1) is 11.3 Å². The second-order valence-electron chi connectivity index (χ2n) is 4.66. The molecule has 2 aromatic rings. The Hall–Kier alpha value is -0.860. The summed E-state index contributed by atoms with van der Waals surface area (Å²) in [6, 6.07) is 8.93. The summed E-state index contributed by atoms with van der Waals surface area (Å²) in [7, 11) is 2.22. The molecule has 1 nitrogen and oxygen atoms in total. The fraction of sp³-hybridized carbons (Fsp3) is 0.467. The number of aryl methyl sites for hydroxylation is 1. The van der Waals surface area contributed by atoms with E-state index in [9.17, 15) is 0 Å². The number of thiophene rings is 1. The van der Waals surface area contributed by atoms with Gasteiger partial charge in [0.1, 0.15) is 0 Å². The van der Waals surface area contributed by atoms with Gasteiger partial charge in [-0.3, -0.25) is 0 Å². The lowest BCUT2D eigenvalue weighted by atomic mass is 10.1. The summed E-state index contributed by atoms with van der Waals surface area (Å²) in [5, 5.41) is 3.65. The summed E-state index contributed by atoms with van der Waals surface area (Å²) >= 11 is 1.84. The smallest absolute Gasteiger partial charge is 0.0345 e. The van der Waals surface area contributed by atoms with Gasteiger partial charge in [0.25, 0.3) is 0 Å². The molecule has 0 spiro atoms. The van der Waals surface area contributed by atoms with E-state index in [-0.39, 0.29) is 0 Å². The minimum Gasteiger partial charge on any atom is -0.306 e. The van der Waals surface area contributed by atoms with E-state index in [2.05, 4.69) is 48.5 Å². The lowest BCUT2D eigenvalue weighted by molar-refractivity contribution is 0.330. The molecule has 2 heteroatoms. The Morgan fingerprint density at radius 1 is 1.18 bits per heavy atom. The van der Waals surface area contributed by atoms with Crippen molar-refractivity contribution in [3.63, 3.8) is 0 Å². The van der Waals surface area contributed by atoms with Crippen LogP contribution in [0.4, 0.5) is 0 Å². The largest absolute Gasteiger partial charge is 0.306 e. The average molecular weight is 247 g/mol. The predicted octanol–water partition coefficient (Wildman–Crippen LogP) is 4.18. The Morgan fingerprint density at radius 3 is 2.88 bits per heavy atom. The zero-order valence-corrected chi connectivity index (χ0v) is 11.6. The molecule has 0 saturated carbocycles. The maximum Gasteiger partial charge on any atom is 0.0345 e. The van der Waals surface area contributed by atoms with Gasteiger partial charge in [-0.05, 0) is 67.9 Å². The fourth-order valence-electron chi connectivity index (χ4n) is 2.31. The minimum absolute atomic E-state index is 1.20. The summed E-state index contributed by atoms with van der Waals surface area (Å²) in [4.78, 5) is 2.42. The molecule has 0 fully saturated rings. The van der Waals surface area contributed by atoms with Crippen LogP contribution >= 0.6 is 11.3 Å². The number of benzene rings is 1. The highest BCUT2D eigenvalue weighted by Gasteiger charge is 2.02. The molecule has 1 aromatic heterocycles. The topological polar surface area (TPSA) is 3.24 Å². The number of nitrogens with zero attached hydrogens (tertiary/aromatic N) is 1. The van der Waals surface area contributed by atoms with Gasteiger partial charge in [-0.1, -0.05) is 19.1 Å². The number of hydrogen-bond acceptors (Lipinski definition) is 2. The number of hydrogen-bond donors (Lipinski definition) is 0. The Kier molecular flexibility index (Phi) is 4.57. The zero-order chi connectivity index (χ0) is 12.1. The molecular formula is C15H21NS. The first-order valence-electron chi connectivity index (χ1n) is 6.45. The lowest BCUT2D eigenvalue weighted by Crippen LogP contribution is -2.20. The van der Waals surface area contributed by atoms with E-state index >= 15 is 0 Å². The first-order valence-corrected chi connectivity index (χ1v) is 7.33. The maximum absolute atomic E-state index is 2.42. The van der Waals surface area contributed by atoms with Crippen LogP contribution in [-0.4, -0.2) is 25.0 Å². The third-order valence-electron chi connectivity index (χ3n) is 3.18. The Bertz CT molecular complexity index is 461. The van der Waals surface area contributed by atoms with Crippen molar-refractivity contribution in [2.75, 3.05) is 20.1 Å². The summed E-state index contributed by atoms with van der Waals surface area (Å²) in [6.45, 7) is 4.65. The summed E-state index contributed by atoms with van der Waals surface area (Å²) in [6.07, 6.45) is 3.70. The van der Waals surface area contributed by atoms with Crippen LogP contribution in [0.25, 0.3) is 10.1 Å². The van der Waals surface area contributed by atoms with E-state index in [1.54, 1.807) is 0 Å². The molecule has 0 aliphatic heterocycles. The Balaban J connectivity index is 1.92. The van der Waals surface area contributed by atoms with Crippen LogP contribution in [0.15, 0.2) is 29.6 Å². The van der Waals surface area contributed by atoms with E-state index in [1.807, 2.05) is 11.3 Å². The predicted molar refractivity (Wildman–Crippen MR) is 77.9 cm³/mol. The van der Waals surface area contributed by atoms with Crippen LogP contribution in [0.2, 0.25) is 0 Å². The molecule has 0 atom stereocenters. The third kappa shape index (κ3) is 3.30. The van der Waals surface area contributed by atoms with Crippen molar-refractivity contribution in [1.29, 1.82) is 0 Å². The summed E-state index contributed by atoms with van der Waals surface area (Å²) in [5.74, 6) is 0. The molecule has 1 aromatic carbocycles. The molecule has 0 amide bonds. The Morgan fingerprint density at radius 2 is 2.06 bits per heavy atom. The van der Waals surface area contributed by atoms with E-state index < -0.39 is 0 Å². The summed E-state index contributed by atoms with van der Waals surface area (Å²) < 4.78 is 1.42. The molecular weight excluding hydrogens is 226 g/mol. The van der Waals surface area contributed by atoms with Gasteiger partial charge in [0.05, 0.1) is 0 Å². The highest BCUT2D eigenvalue weighted by molar-refractivity contribution is 7.17. The third-order valence-corrected chi connectivity index (χ3v) is 4.06. The second kappa shape index (κ2) is 6.18. The van der Waals surface area contributed by atoms with Crippen LogP contribution in [0.3, 0.4) is 0 Å². The van der Waals surface area contributed by atoms with Gasteiger partial charge < -0.3 is 4.90 Å². The van der Waals surface area contributed by atoms with Crippen molar-refractivity contribution in [3.8, 4) is 0 Å². The van der Waals surface area contributed by atoms with E-state index in [1.165, 1.54) is 48.0 Å². The quantitative estimate of drug-likeness (QED) is 0.740. The van der Waals surface area contributed by atoms with Crippen LogP contribution in [-0.2, 0) is 6.42 Å². The fourth-order valence-corrected chi connectivity index (χ4v) is 3.14. The van der Waals surface area contributed by atoms with Crippen molar-refractivity contribution in [2.45, 2.75) is 26.2 Å². The molecule has 0 saturated heterocycles. The molecule has 0 N–H and O–H groups in total. The van der Waals surface area contributed by atoms with E-state index in [0.717, 1.165) is 0 Å². The van der Waals surface area contributed by atoms with Gasteiger partial charge >= 0.3 is 0 Å². The molecule has 2 rings (SSSR count). The first kappa shape index (κ1) is 12.6. The number of fused-ring (bicyclic) bond motifs is 1. The van der Waals surface area contributed by atoms with Crippen molar-refractivity contribution in [3.05, 3.63) is 35.2 Å². The second-order valence-corrected chi connectivity index (χ2v) is 5.60. The van der Waals surface area contributed by atoms with E-state index in [4.69, 9.17) is 0 Å². The molecule has 0 aliphatic rings. The maximum atomic E-state index is 2.42. The molecule has 17 heavy (non-hydrogen) atoms. The standard InChI is InChI=1S/C15H21NS/c1-3-10-16(2)11-5-7-13-6-4-8-15-14(13)9-12-17-15/h4,6,8-9,12H,3,5,7,10-11H2,1-2H3. The molecule has 0 radical (unpaired) electrons. The van der Waals surface area contributed by atoms with Crippen molar-refractivity contribution in [2.24, 2.45) is 0 Å². The Labute approximate surface area is 108 Å². The van der Waals surface area contributed by atoms with Crippen LogP contribution in [0.1, 0.15) is 25.3 Å².